The molecule has 0 spiro atoms. The van der Waals surface area contributed by atoms with Crippen LogP contribution >= 0.6 is 0 Å². The molecule has 0 unspecified atom stereocenters. The van der Waals surface area contributed by atoms with Gasteiger partial charge in [-0.15, -0.1) is 0 Å². The van der Waals surface area contributed by atoms with Crippen molar-refractivity contribution in [2.45, 2.75) is 45.4 Å². The van der Waals surface area contributed by atoms with Crippen LogP contribution in [0, 0.1) is 0 Å². The highest BCUT2D eigenvalue weighted by atomic mass is 32.2. The lowest BCUT2D eigenvalue weighted by Gasteiger charge is -2.18. The molecule has 0 atom stereocenters. The van der Waals surface area contributed by atoms with E-state index in [0.29, 0.717) is 13.1 Å². The van der Waals surface area contributed by atoms with E-state index in [9.17, 15) is 18.0 Å². The number of carbonyl (C=O) groups excluding carboxylic acids is 2. The Hall–Kier alpha value is -2.71. The molecule has 0 aliphatic heterocycles. The maximum Gasteiger partial charge on any atom is 0.338 e. The first kappa shape index (κ1) is 24.6. The first-order valence-electron chi connectivity index (χ1n) is 10.5. The minimum atomic E-state index is -3.70. The van der Waals surface area contributed by atoms with Crippen LogP contribution in [0.2, 0.25) is 0 Å². The van der Waals surface area contributed by atoms with E-state index in [1.165, 1.54) is 28.6 Å². The lowest BCUT2D eigenvalue weighted by molar-refractivity contribution is -0.119. The molecule has 31 heavy (non-hydrogen) atoms. The van der Waals surface area contributed by atoms with Crippen LogP contribution < -0.4 is 5.32 Å². The summed E-state index contributed by atoms with van der Waals surface area (Å²) >= 11 is 0. The van der Waals surface area contributed by atoms with Crippen molar-refractivity contribution in [3.8, 4) is 0 Å². The number of benzene rings is 2. The highest BCUT2D eigenvalue weighted by Gasteiger charge is 2.23. The van der Waals surface area contributed by atoms with Crippen LogP contribution in [0.15, 0.2) is 47.4 Å². The van der Waals surface area contributed by atoms with Gasteiger partial charge in [0.15, 0.2) is 6.61 Å². The Bertz CT molecular complexity index is 1010. The van der Waals surface area contributed by atoms with E-state index in [0.717, 1.165) is 29.7 Å². The van der Waals surface area contributed by atoms with E-state index >= 15 is 0 Å². The fourth-order valence-electron chi connectivity index (χ4n) is 3.29. The number of para-hydroxylation sites is 1. The molecule has 1 amide bonds. The maximum absolute atomic E-state index is 12.7. The third-order valence-electron chi connectivity index (χ3n) is 5.01. The summed E-state index contributed by atoms with van der Waals surface area (Å²) < 4.78 is 31.8. The summed E-state index contributed by atoms with van der Waals surface area (Å²) in [5.41, 5.74) is 2.84. The van der Waals surface area contributed by atoms with Gasteiger partial charge in [-0.05, 0) is 42.2 Å². The summed E-state index contributed by atoms with van der Waals surface area (Å²) in [6.45, 7) is 7.69. The van der Waals surface area contributed by atoms with Crippen molar-refractivity contribution in [2.75, 3.05) is 25.0 Å². The average Bonchev–Trinajstić information content (AvgIpc) is 2.78. The molecular weight excluding hydrogens is 416 g/mol. The number of carbonyl (C=O) groups is 2. The van der Waals surface area contributed by atoms with Crippen LogP contribution in [0.3, 0.4) is 0 Å². The zero-order valence-corrected chi connectivity index (χ0v) is 19.3. The monoisotopic (exact) mass is 446 g/mol. The molecule has 0 aliphatic carbocycles. The number of esters is 1. The maximum atomic E-state index is 12.7. The van der Waals surface area contributed by atoms with Gasteiger partial charge in [0.25, 0.3) is 5.91 Å². The van der Waals surface area contributed by atoms with Crippen LogP contribution in [0.5, 0.6) is 0 Å². The van der Waals surface area contributed by atoms with Gasteiger partial charge in [-0.1, -0.05) is 52.0 Å². The molecule has 0 fully saturated rings. The normalized spacial score (nSPS) is 11.4. The van der Waals surface area contributed by atoms with Gasteiger partial charge in [-0.25, -0.2) is 13.2 Å². The zero-order chi connectivity index (χ0) is 23.0. The summed E-state index contributed by atoms with van der Waals surface area (Å²) in [6.07, 6.45) is 1.52. The van der Waals surface area contributed by atoms with Crippen LogP contribution in [0.1, 0.15) is 49.2 Å². The topological polar surface area (TPSA) is 92.8 Å². The number of hydrogen-bond donors (Lipinski definition) is 1. The first-order chi connectivity index (χ1) is 14.8. The lowest BCUT2D eigenvalue weighted by Crippen LogP contribution is -2.30. The summed E-state index contributed by atoms with van der Waals surface area (Å²) in [6, 6.07) is 11.5. The number of sulfonamides is 1. The molecule has 0 heterocycles. The van der Waals surface area contributed by atoms with Gasteiger partial charge in [-0.3, -0.25) is 4.79 Å². The molecular formula is C23H30N2O5S. The average molecular weight is 447 g/mol. The Morgan fingerprint density at radius 3 is 2.06 bits per heavy atom. The van der Waals surface area contributed by atoms with Crippen molar-refractivity contribution in [2.24, 2.45) is 0 Å². The number of nitrogens with one attached hydrogen (secondary N) is 1. The number of ether oxygens (including phenoxy) is 1. The Balaban J connectivity index is 2.10. The molecule has 0 aromatic heterocycles. The fraction of sp³-hybridized carbons (Fsp3) is 0.391. The SMILES string of the molecule is CCc1cccc(CC)c1NC(=O)COC(=O)c1cccc(S(=O)(=O)N(CC)CC)c1. The summed E-state index contributed by atoms with van der Waals surface area (Å²) in [5, 5.41) is 2.83. The van der Waals surface area contributed by atoms with Crippen molar-refractivity contribution in [3.05, 3.63) is 59.2 Å². The quantitative estimate of drug-likeness (QED) is 0.563. The second-order valence-corrected chi connectivity index (χ2v) is 8.84. The van der Waals surface area contributed by atoms with Crippen LogP contribution in [-0.4, -0.2) is 44.3 Å². The molecule has 0 saturated heterocycles. The molecule has 0 radical (unpaired) electrons. The lowest BCUT2D eigenvalue weighted by atomic mass is 10.0. The zero-order valence-electron chi connectivity index (χ0n) is 18.5. The number of aryl methyl sites for hydroxylation is 2. The van der Waals surface area contributed by atoms with Crippen molar-refractivity contribution in [1.82, 2.24) is 4.31 Å². The molecule has 2 aromatic rings. The molecule has 8 heteroatoms. The molecule has 7 nitrogen and oxygen atoms in total. The van der Waals surface area contributed by atoms with Gasteiger partial charge in [0.1, 0.15) is 0 Å². The third kappa shape index (κ3) is 5.92. The number of amides is 1. The highest BCUT2D eigenvalue weighted by Crippen LogP contribution is 2.22. The molecule has 2 rings (SSSR count). The Labute approximate surface area is 184 Å². The molecule has 0 aliphatic rings. The van der Waals surface area contributed by atoms with Gasteiger partial charge < -0.3 is 10.1 Å². The van der Waals surface area contributed by atoms with Gasteiger partial charge >= 0.3 is 5.97 Å². The summed E-state index contributed by atoms with van der Waals surface area (Å²) in [7, 11) is -3.70. The molecule has 0 bridgehead atoms. The minimum Gasteiger partial charge on any atom is -0.452 e. The van der Waals surface area contributed by atoms with Crippen LogP contribution in [0.4, 0.5) is 5.69 Å². The van der Waals surface area contributed by atoms with Crippen molar-refractivity contribution in [1.29, 1.82) is 0 Å². The third-order valence-corrected chi connectivity index (χ3v) is 7.06. The Morgan fingerprint density at radius 2 is 1.52 bits per heavy atom. The van der Waals surface area contributed by atoms with Crippen molar-refractivity contribution in [3.63, 3.8) is 0 Å². The predicted molar refractivity (Wildman–Crippen MR) is 121 cm³/mol. The number of nitrogens with zero attached hydrogens (tertiary/aromatic N) is 1. The number of anilines is 1. The van der Waals surface area contributed by atoms with E-state index in [1.54, 1.807) is 13.8 Å². The van der Waals surface area contributed by atoms with E-state index in [-0.39, 0.29) is 10.5 Å². The molecule has 0 saturated carbocycles. The molecule has 1 N–H and O–H groups in total. The second kappa shape index (κ2) is 11.1. The van der Waals surface area contributed by atoms with Gasteiger partial charge in [-0.2, -0.15) is 4.31 Å². The molecule has 168 valence electrons. The van der Waals surface area contributed by atoms with Gasteiger partial charge in [0.05, 0.1) is 10.5 Å². The number of hydrogen-bond acceptors (Lipinski definition) is 5. The Kier molecular flexibility index (Phi) is 8.76. The highest BCUT2D eigenvalue weighted by molar-refractivity contribution is 7.89. The largest absolute Gasteiger partial charge is 0.452 e. The first-order valence-corrected chi connectivity index (χ1v) is 11.9. The van der Waals surface area contributed by atoms with E-state index in [2.05, 4.69) is 5.32 Å². The van der Waals surface area contributed by atoms with Gasteiger partial charge in [0, 0.05) is 18.8 Å². The minimum absolute atomic E-state index is 0.0135. The smallest absolute Gasteiger partial charge is 0.338 e. The fourth-order valence-corrected chi connectivity index (χ4v) is 4.79. The standard InChI is InChI=1S/C23H30N2O5S/c1-5-17-11-9-12-18(6-2)22(17)24-21(26)16-30-23(27)19-13-10-14-20(15-19)31(28,29)25(7-3)8-4/h9-15H,5-8,16H2,1-4H3,(H,24,26). The van der Waals surface area contributed by atoms with Crippen molar-refractivity contribution < 1.29 is 22.7 Å². The van der Waals surface area contributed by atoms with Crippen LogP contribution in [-0.2, 0) is 32.4 Å². The van der Waals surface area contributed by atoms with E-state index < -0.39 is 28.5 Å². The van der Waals surface area contributed by atoms with Crippen molar-refractivity contribution >= 4 is 27.6 Å². The summed E-state index contributed by atoms with van der Waals surface area (Å²) in [5.74, 6) is -1.21. The molecule has 2 aromatic carbocycles. The Morgan fingerprint density at radius 1 is 0.935 bits per heavy atom. The number of rotatable bonds is 10. The predicted octanol–water partition coefficient (Wildman–Crippen LogP) is 3.64. The van der Waals surface area contributed by atoms with E-state index in [1.807, 2.05) is 32.0 Å². The van der Waals surface area contributed by atoms with Gasteiger partial charge in [0.2, 0.25) is 10.0 Å². The van der Waals surface area contributed by atoms with E-state index in [4.69, 9.17) is 4.74 Å². The summed E-state index contributed by atoms with van der Waals surface area (Å²) in [4.78, 5) is 24.8. The van der Waals surface area contributed by atoms with Crippen LogP contribution in [0.25, 0.3) is 0 Å². The second-order valence-electron chi connectivity index (χ2n) is 6.90.